The first-order valence-corrected chi connectivity index (χ1v) is 7.67. The number of hydrogen-bond acceptors (Lipinski definition) is 5. The molecule has 0 aliphatic carbocycles. The van der Waals surface area contributed by atoms with E-state index in [0.717, 1.165) is 5.56 Å². The summed E-state index contributed by atoms with van der Waals surface area (Å²) >= 11 is 0. The maximum atomic E-state index is 13.2. The molecule has 9 nitrogen and oxygen atoms in total. The molecule has 26 heavy (non-hydrogen) atoms. The van der Waals surface area contributed by atoms with E-state index < -0.39 is 10.8 Å². The van der Waals surface area contributed by atoms with Gasteiger partial charge in [-0.3, -0.25) is 24.3 Å². The summed E-state index contributed by atoms with van der Waals surface area (Å²) in [6, 6.07) is 7.76. The van der Waals surface area contributed by atoms with Crippen LogP contribution in [0.15, 0.2) is 42.7 Å². The Morgan fingerprint density at radius 3 is 2.81 bits per heavy atom. The van der Waals surface area contributed by atoms with Crippen LogP contribution in [0.2, 0.25) is 0 Å². The lowest BCUT2D eigenvalue weighted by Crippen LogP contribution is -2.19. The highest BCUT2D eigenvalue weighted by atomic mass is 19.1. The normalized spacial score (nSPS) is 10.7. The fourth-order valence-corrected chi connectivity index (χ4v) is 2.44. The molecule has 1 aromatic carbocycles. The number of halogens is 1. The number of hydrogen-bond donors (Lipinski definition) is 1. The maximum absolute atomic E-state index is 13.2. The average molecular weight is 358 g/mol. The zero-order chi connectivity index (χ0) is 18.7. The first-order valence-electron chi connectivity index (χ1n) is 7.67. The lowest BCUT2D eigenvalue weighted by molar-refractivity contribution is -0.385. The van der Waals surface area contributed by atoms with E-state index in [9.17, 15) is 19.3 Å². The van der Waals surface area contributed by atoms with E-state index in [0.29, 0.717) is 12.4 Å². The van der Waals surface area contributed by atoms with Crippen LogP contribution in [0.3, 0.4) is 0 Å². The lowest BCUT2D eigenvalue weighted by atomic mass is 10.2. The molecule has 1 N–H and O–H groups in total. The number of nitro groups is 1. The SMILES string of the molecule is Cc1nn(CC(=O)Nc2ccn(Cc3cccc(F)c3)n2)cc1[N+](=O)[O-]. The summed E-state index contributed by atoms with van der Waals surface area (Å²) in [6.45, 7) is 1.68. The van der Waals surface area contributed by atoms with Crippen LogP contribution in [0.5, 0.6) is 0 Å². The van der Waals surface area contributed by atoms with Crippen LogP contribution in [0, 0.1) is 22.9 Å². The van der Waals surface area contributed by atoms with Crippen molar-refractivity contribution in [2.24, 2.45) is 0 Å². The van der Waals surface area contributed by atoms with Crippen molar-refractivity contribution in [2.45, 2.75) is 20.0 Å². The van der Waals surface area contributed by atoms with Crippen LogP contribution in [0.25, 0.3) is 0 Å². The second-order valence-corrected chi connectivity index (χ2v) is 5.63. The Bertz CT molecular complexity index is 965. The fraction of sp³-hybridized carbons (Fsp3) is 0.188. The number of carbonyl (C=O) groups is 1. The monoisotopic (exact) mass is 358 g/mol. The second kappa shape index (κ2) is 7.13. The minimum absolute atomic E-state index is 0.142. The highest BCUT2D eigenvalue weighted by Gasteiger charge is 2.17. The van der Waals surface area contributed by atoms with Crippen molar-refractivity contribution in [1.29, 1.82) is 0 Å². The molecule has 134 valence electrons. The number of nitrogens with one attached hydrogen (secondary N) is 1. The molecular weight excluding hydrogens is 343 g/mol. The first kappa shape index (κ1) is 17.3. The Hall–Kier alpha value is -3.56. The van der Waals surface area contributed by atoms with Gasteiger partial charge in [-0.2, -0.15) is 10.2 Å². The Labute approximate surface area is 147 Å². The predicted octanol–water partition coefficient (Wildman–Crippen LogP) is 2.12. The summed E-state index contributed by atoms with van der Waals surface area (Å²) in [7, 11) is 0. The molecule has 1 amide bonds. The van der Waals surface area contributed by atoms with Crippen molar-refractivity contribution in [1.82, 2.24) is 19.6 Å². The number of amides is 1. The molecule has 0 saturated heterocycles. The zero-order valence-corrected chi connectivity index (χ0v) is 13.8. The summed E-state index contributed by atoms with van der Waals surface area (Å²) in [6.07, 6.45) is 2.86. The highest BCUT2D eigenvalue weighted by Crippen LogP contribution is 2.15. The van der Waals surface area contributed by atoms with Gasteiger partial charge in [0.2, 0.25) is 5.91 Å². The minimum atomic E-state index is -0.551. The Kier molecular flexibility index (Phi) is 4.74. The Morgan fingerprint density at radius 1 is 1.31 bits per heavy atom. The summed E-state index contributed by atoms with van der Waals surface area (Å²) in [5.74, 6) is -0.421. The number of aromatic nitrogens is 4. The third-order valence-corrected chi connectivity index (χ3v) is 3.56. The van der Waals surface area contributed by atoms with Gasteiger partial charge in [-0.05, 0) is 24.6 Å². The van der Waals surface area contributed by atoms with Gasteiger partial charge in [0.05, 0.1) is 11.5 Å². The second-order valence-electron chi connectivity index (χ2n) is 5.63. The van der Waals surface area contributed by atoms with E-state index >= 15 is 0 Å². The minimum Gasteiger partial charge on any atom is -0.308 e. The van der Waals surface area contributed by atoms with Gasteiger partial charge in [-0.25, -0.2) is 4.39 Å². The number of carbonyl (C=O) groups excluding carboxylic acids is 1. The smallest absolute Gasteiger partial charge is 0.308 e. The molecule has 0 fully saturated rings. The van der Waals surface area contributed by atoms with E-state index in [1.807, 2.05) is 0 Å². The molecule has 0 unspecified atom stereocenters. The van der Waals surface area contributed by atoms with Crippen molar-refractivity contribution in [2.75, 3.05) is 5.32 Å². The Balaban J connectivity index is 1.61. The van der Waals surface area contributed by atoms with Gasteiger partial charge in [0, 0.05) is 12.3 Å². The molecule has 0 atom stereocenters. The van der Waals surface area contributed by atoms with Gasteiger partial charge < -0.3 is 5.32 Å². The predicted molar refractivity (Wildman–Crippen MR) is 90.0 cm³/mol. The van der Waals surface area contributed by atoms with Crippen LogP contribution in [-0.2, 0) is 17.9 Å². The third kappa shape index (κ3) is 4.09. The van der Waals surface area contributed by atoms with Crippen molar-refractivity contribution in [3.05, 3.63) is 69.9 Å². The molecule has 0 bridgehead atoms. The molecule has 10 heteroatoms. The van der Waals surface area contributed by atoms with Gasteiger partial charge in [-0.15, -0.1) is 0 Å². The van der Waals surface area contributed by atoms with Crippen molar-refractivity contribution in [3.63, 3.8) is 0 Å². The summed E-state index contributed by atoms with van der Waals surface area (Å²) in [5.41, 5.74) is 0.838. The summed E-state index contributed by atoms with van der Waals surface area (Å²) < 4.78 is 16.0. The molecule has 3 aromatic rings. The van der Waals surface area contributed by atoms with E-state index in [1.165, 1.54) is 29.9 Å². The summed E-state index contributed by atoms with van der Waals surface area (Å²) in [5, 5.41) is 21.5. The summed E-state index contributed by atoms with van der Waals surface area (Å²) in [4.78, 5) is 22.3. The van der Waals surface area contributed by atoms with Crippen molar-refractivity contribution < 1.29 is 14.1 Å². The molecule has 0 aliphatic rings. The number of benzene rings is 1. The molecule has 0 spiro atoms. The van der Waals surface area contributed by atoms with Gasteiger partial charge in [0.1, 0.15) is 24.3 Å². The third-order valence-electron chi connectivity index (χ3n) is 3.56. The van der Waals surface area contributed by atoms with Crippen molar-refractivity contribution >= 4 is 17.4 Å². The average Bonchev–Trinajstić information content (AvgIpc) is 3.13. The molecule has 0 radical (unpaired) electrons. The van der Waals surface area contributed by atoms with Crippen LogP contribution < -0.4 is 5.32 Å². The molecule has 0 saturated carbocycles. The van der Waals surface area contributed by atoms with Crippen LogP contribution in [-0.4, -0.2) is 30.4 Å². The van der Waals surface area contributed by atoms with Gasteiger partial charge in [0.15, 0.2) is 5.82 Å². The van der Waals surface area contributed by atoms with E-state index in [-0.39, 0.29) is 23.7 Å². The number of anilines is 1. The molecule has 2 aromatic heterocycles. The molecule has 3 rings (SSSR count). The van der Waals surface area contributed by atoms with Gasteiger partial charge in [0.25, 0.3) is 0 Å². The van der Waals surface area contributed by atoms with Crippen LogP contribution in [0.1, 0.15) is 11.3 Å². The maximum Gasteiger partial charge on any atom is 0.309 e. The Morgan fingerprint density at radius 2 is 2.12 bits per heavy atom. The number of aryl methyl sites for hydroxylation is 1. The first-order chi connectivity index (χ1) is 12.4. The van der Waals surface area contributed by atoms with E-state index in [1.54, 1.807) is 29.1 Å². The number of nitrogens with zero attached hydrogens (tertiary/aromatic N) is 5. The van der Waals surface area contributed by atoms with E-state index in [4.69, 9.17) is 0 Å². The largest absolute Gasteiger partial charge is 0.309 e. The van der Waals surface area contributed by atoms with Gasteiger partial charge in [-0.1, -0.05) is 12.1 Å². The fourth-order valence-electron chi connectivity index (χ4n) is 2.44. The van der Waals surface area contributed by atoms with Crippen LogP contribution in [0.4, 0.5) is 15.9 Å². The molecule has 0 aliphatic heterocycles. The molecular formula is C16H15FN6O3. The topological polar surface area (TPSA) is 108 Å². The molecule has 2 heterocycles. The highest BCUT2D eigenvalue weighted by molar-refractivity contribution is 5.89. The quantitative estimate of drug-likeness (QED) is 0.536. The zero-order valence-electron chi connectivity index (χ0n) is 13.8. The van der Waals surface area contributed by atoms with Gasteiger partial charge >= 0.3 is 5.69 Å². The van der Waals surface area contributed by atoms with Crippen LogP contribution >= 0.6 is 0 Å². The number of rotatable bonds is 6. The van der Waals surface area contributed by atoms with Crippen molar-refractivity contribution in [3.8, 4) is 0 Å². The standard InChI is InChI=1S/C16H15FN6O3/c1-11-14(23(25)26)9-22(19-11)10-16(24)18-15-5-6-21(20-15)8-12-3-2-4-13(17)7-12/h2-7,9H,8,10H2,1H3,(H,18,20,24). The lowest BCUT2D eigenvalue weighted by Gasteiger charge is -2.03. The van der Waals surface area contributed by atoms with E-state index in [2.05, 4.69) is 15.5 Å².